The predicted molar refractivity (Wildman–Crippen MR) is 73.9 cm³/mol. The van der Waals surface area contributed by atoms with Crippen LogP contribution in [-0.2, 0) is 13.8 Å². The van der Waals surface area contributed by atoms with Crippen LogP contribution in [0.2, 0.25) is 0 Å². The van der Waals surface area contributed by atoms with Crippen molar-refractivity contribution < 1.29 is 17.9 Å². The van der Waals surface area contributed by atoms with Crippen LogP contribution in [0.5, 0.6) is 5.75 Å². The summed E-state index contributed by atoms with van der Waals surface area (Å²) >= 11 is 3.21. The highest BCUT2D eigenvalue weighted by Gasteiger charge is 2.31. The molecule has 0 spiro atoms. The number of halogens is 2. The molecule has 1 aliphatic rings. The second kappa shape index (κ2) is 5.30. The molecule has 1 saturated heterocycles. The standard InChI is InChI=1S/C11H11BrClNO4S/c1-14-5-4-10(11(14)15)18-9-3-2-7(6-8(9)12)19(13,16)17/h2-3,6,10H,4-5H2,1H3. The zero-order chi connectivity index (χ0) is 14.2. The number of amides is 1. The molecule has 0 aromatic heterocycles. The molecule has 1 aromatic carbocycles. The van der Waals surface area contributed by atoms with Gasteiger partial charge in [-0.2, -0.15) is 0 Å². The Balaban J connectivity index is 2.21. The maximum absolute atomic E-state index is 11.7. The number of rotatable bonds is 3. The molecule has 1 amide bonds. The van der Waals surface area contributed by atoms with Gasteiger partial charge in [-0.1, -0.05) is 0 Å². The lowest BCUT2D eigenvalue weighted by Gasteiger charge is -2.14. The van der Waals surface area contributed by atoms with Gasteiger partial charge in [-0.3, -0.25) is 4.79 Å². The van der Waals surface area contributed by atoms with E-state index in [4.69, 9.17) is 15.4 Å². The third-order valence-corrected chi connectivity index (χ3v) is 4.80. The second-order valence-corrected chi connectivity index (χ2v) is 7.61. The molecule has 1 unspecified atom stereocenters. The van der Waals surface area contributed by atoms with E-state index in [1.165, 1.54) is 18.2 Å². The van der Waals surface area contributed by atoms with Gasteiger partial charge in [0.1, 0.15) is 5.75 Å². The van der Waals surface area contributed by atoms with Gasteiger partial charge in [0.2, 0.25) is 0 Å². The summed E-state index contributed by atoms with van der Waals surface area (Å²) < 4.78 is 28.4. The van der Waals surface area contributed by atoms with Crippen LogP contribution in [0.4, 0.5) is 0 Å². The third kappa shape index (κ3) is 3.21. The van der Waals surface area contributed by atoms with Crippen molar-refractivity contribution >= 4 is 41.6 Å². The van der Waals surface area contributed by atoms with Crippen LogP contribution >= 0.6 is 26.6 Å². The Morgan fingerprint density at radius 3 is 2.63 bits per heavy atom. The van der Waals surface area contributed by atoms with Crippen molar-refractivity contribution in [3.8, 4) is 5.75 Å². The molecular weight excluding hydrogens is 358 g/mol. The maximum atomic E-state index is 11.7. The first-order chi connectivity index (χ1) is 8.79. The van der Waals surface area contributed by atoms with E-state index in [9.17, 15) is 13.2 Å². The Labute approximate surface area is 124 Å². The Morgan fingerprint density at radius 1 is 1.47 bits per heavy atom. The van der Waals surface area contributed by atoms with E-state index in [0.717, 1.165) is 0 Å². The first-order valence-electron chi connectivity index (χ1n) is 5.45. The SMILES string of the molecule is CN1CCC(Oc2ccc(S(=O)(=O)Cl)cc2Br)C1=O. The summed E-state index contributed by atoms with van der Waals surface area (Å²) in [7, 11) is 3.18. The van der Waals surface area contributed by atoms with Crippen molar-refractivity contribution in [3.05, 3.63) is 22.7 Å². The topological polar surface area (TPSA) is 63.7 Å². The van der Waals surface area contributed by atoms with Crippen molar-refractivity contribution in [2.45, 2.75) is 17.4 Å². The maximum Gasteiger partial charge on any atom is 0.263 e. The lowest BCUT2D eigenvalue weighted by molar-refractivity contribution is -0.132. The van der Waals surface area contributed by atoms with Crippen LogP contribution in [0.1, 0.15) is 6.42 Å². The second-order valence-electron chi connectivity index (χ2n) is 4.19. The van der Waals surface area contributed by atoms with Gasteiger partial charge in [-0.15, -0.1) is 0 Å². The Kier molecular flexibility index (Phi) is 4.08. The molecule has 19 heavy (non-hydrogen) atoms. The minimum absolute atomic E-state index is 0.0248. The number of likely N-dealkylation sites (N-methyl/N-ethyl adjacent to an activating group) is 1. The van der Waals surface area contributed by atoms with E-state index >= 15 is 0 Å². The van der Waals surface area contributed by atoms with Crippen LogP contribution in [-0.4, -0.2) is 38.9 Å². The van der Waals surface area contributed by atoms with E-state index in [-0.39, 0.29) is 10.8 Å². The highest BCUT2D eigenvalue weighted by atomic mass is 79.9. The third-order valence-electron chi connectivity index (χ3n) is 2.83. The first-order valence-corrected chi connectivity index (χ1v) is 8.55. The van der Waals surface area contributed by atoms with Crippen molar-refractivity contribution in [3.63, 3.8) is 0 Å². The predicted octanol–water partition coefficient (Wildman–Crippen LogP) is 1.99. The van der Waals surface area contributed by atoms with Crippen LogP contribution in [0.3, 0.4) is 0 Å². The van der Waals surface area contributed by atoms with E-state index in [1.54, 1.807) is 11.9 Å². The van der Waals surface area contributed by atoms with Crippen LogP contribution in [0.25, 0.3) is 0 Å². The Morgan fingerprint density at radius 2 is 2.16 bits per heavy atom. The van der Waals surface area contributed by atoms with Gasteiger partial charge in [-0.05, 0) is 34.1 Å². The van der Waals surface area contributed by atoms with Crippen molar-refractivity contribution in [2.24, 2.45) is 0 Å². The van der Waals surface area contributed by atoms with E-state index in [0.29, 0.717) is 23.2 Å². The zero-order valence-electron chi connectivity index (χ0n) is 9.97. The van der Waals surface area contributed by atoms with E-state index < -0.39 is 15.2 Å². The molecule has 0 saturated carbocycles. The number of carbonyl (C=O) groups excluding carboxylic acids is 1. The highest BCUT2D eigenvalue weighted by molar-refractivity contribution is 9.10. The minimum atomic E-state index is -3.78. The number of likely N-dealkylation sites (tertiary alicyclic amines) is 1. The smallest absolute Gasteiger partial charge is 0.263 e. The summed E-state index contributed by atoms with van der Waals surface area (Å²) in [6.45, 7) is 0.648. The molecule has 2 rings (SSSR count). The molecule has 0 aliphatic carbocycles. The minimum Gasteiger partial charge on any atom is -0.479 e. The molecular formula is C11H11BrClNO4S. The number of benzene rings is 1. The summed E-state index contributed by atoms with van der Waals surface area (Å²) in [6.07, 6.45) is 0.0805. The lowest BCUT2D eigenvalue weighted by Crippen LogP contribution is -2.29. The number of hydrogen-bond donors (Lipinski definition) is 0. The van der Waals surface area contributed by atoms with Crippen LogP contribution in [0.15, 0.2) is 27.6 Å². The molecule has 0 bridgehead atoms. The van der Waals surface area contributed by atoms with Crippen LogP contribution < -0.4 is 4.74 Å². The molecule has 1 atom stereocenters. The highest BCUT2D eigenvalue weighted by Crippen LogP contribution is 2.31. The summed E-state index contributed by atoms with van der Waals surface area (Å²) in [5.41, 5.74) is 0. The molecule has 0 N–H and O–H groups in total. The molecule has 0 radical (unpaired) electrons. The van der Waals surface area contributed by atoms with Crippen molar-refractivity contribution in [1.29, 1.82) is 0 Å². The van der Waals surface area contributed by atoms with E-state index in [1.807, 2.05) is 0 Å². The van der Waals surface area contributed by atoms with E-state index in [2.05, 4.69) is 15.9 Å². The van der Waals surface area contributed by atoms with Crippen LogP contribution in [0, 0.1) is 0 Å². The number of hydrogen-bond acceptors (Lipinski definition) is 4. The average molecular weight is 369 g/mol. The van der Waals surface area contributed by atoms with Gasteiger partial charge in [0, 0.05) is 30.7 Å². The molecule has 1 heterocycles. The monoisotopic (exact) mass is 367 g/mol. The van der Waals surface area contributed by atoms with Gasteiger partial charge in [0.25, 0.3) is 15.0 Å². The fraction of sp³-hybridized carbons (Fsp3) is 0.364. The molecule has 104 valence electrons. The molecule has 8 heteroatoms. The summed E-state index contributed by atoms with van der Waals surface area (Å²) in [5, 5.41) is 0. The quantitative estimate of drug-likeness (QED) is 0.765. The molecule has 5 nitrogen and oxygen atoms in total. The van der Waals surface area contributed by atoms with Gasteiger partial charge in [0.15, 0.2) is 6.10 Å². The van der Waals surface area contributed by atoms with Crippen molar-refractivity contribution in [1.82, 2.24) is 4.90 Å². The lowest BCUT2D eigenvalue weighted by atomic mass is 10.3. The van der Waals surface area contributed by atoms with Gasteiger partial charge >= 0.3 is 0 Å². The Bertz CT molecular complexity index is 619. The molecule has 1 aromatic rings. The fourth-order valence-corrected chi connectivity index (χ4v) is 3.18. The average Bonchev–Trinajstić information content (AvgIpc) is 2.62. The molecule has 1 fully saturated rings. The zero-order valence-corrected chi connectivity index (χ0v) is 13.1. The first kappa shape index (κ1) is 14.6. The van der Waals surface area contributed by atoms with Gasteiger partial charge < -0.3 is 9.64 Å². The molecule has 1 aliphatic heterocycles. The normalized spacial score (nSPS) is 19.8. The van der Waals surface area contributed by atoms with Crippen molar-refractivity contribution in [2.75, 3.05) is 13.6 Å². The van der Waals surface area contributed by atoms with Gasteiger partial charge in [0.05, 0.1) is 9.37 Å². The van der Waals surface area contributed by atoms with Gasteiger partial charge in [-0.25, -0.2) is 8.42 Å². The number of nitrogens with zero attached hydrogens (tertiary/aromatic N) is 1. The summed E-state index contributed by atoms with van der Waals surface area (Å²) in [5.74, 6) is 0.332. The summed E-state index contributed by atoms with van der Waals surface area (Å²) in [4.78, 5) is 13.3. The Hall–Kier alpha value is -0.790. The fourth-order valence-electron chi connectivity index (χ4n) is 1.78. The number of ether oxygens (including phenoxy) is 1. The number of carbonyl (C=O) groups is 1. The summed E-state index contributed by atoms with van der Waals surface area (Å²) in [6, 6.07) is 4.16. The largest absolute Gasteiger partial charge is 0.479 e.